The summed E-state index contributed by atoms with van der Waals surface area (Å²) in [5.41, 5.74) is -0.619. The second-order valence-electron chi connectivity index (χ2n) is 5.93. The van der Waals surface area contributed by atoms with Gasteiger partial charge in [0.1, 0.15) is 5.75 Å². The van der Waals surface area contributed by atoms with Gasteiger partial charge < -0.3 is 24.3 Å². The Labute approximate surface area is 158 Å². The monoisotopic (exact) mass is 379 g/mol. The molecule has 0 spiro atoms. The highest BCUT2D eigenvalue weighted by Gasteiger charge is 2.30. The molecule has 140 valence electrons. The van der Waals surface area contributed by atoms with E-state index in [0.29, 0.717) is 33.7 Å². The maximum absolute atomic E-state index is 12.7. The van der Waals surface area contributed by atoms with Crippen LogP contribution >= 0.6 is 11.6 Å². The molecular formula is C19H22ClNO5. The fraction of sp³-hybridized carbons (Fsp3) is 0.316. The molecule has 2 aromatic rings. The molecule has 26 heavy (non-hydrogen) atoms. The van der Waals surface area contributed by atoms with Crippen molar-refractivity contribution in [2.45, 2.75) is 19.4 Å². The van der Waals surface area contributed by atoms with Gasteiger partial charge in [-0.1, -0.05) is 11.6 Å². The summed E-state index contributed by atoms with van der Waals surface area (Å²) in [6, 6.07) is 10.1. The fourth-order valence-electron chi connectivity index (χ4n) is 2.28. The molecule has 1 N–H and O–H groups in total. The zero-order chi connectivity index (χ0) is 19.3. The highest BCUT2D eigenvalue weighted by molar-refractivity contribution is 6.30. The summed E-state index contributed by atoms with van der Waals surface area (Å²) in [4.78, 5) is 12.7. The molecule has 1 amide bonds. The molecule has 0 unspecified atom stereocenters. The number of carbonyl (C=O) groups excluding carboxylic acids is 1. The SMILES string of the molecule is COc1cc(NC(=O)C(C)(C)Oc2ccc(Cl)cc2)cc(OC)c1OC. The van der Waals surface area contributed by atoms with Crippen molar-refractivity contribution in [2.24, 2.45) is 0 Å². The van der Waals surface area contributed by atoms with Gasteiger partial charge in [0.05, 0.1) is 21.3 Å². The lowest BCUT2D eigenvalue weighted by Gasteiger charge is -2.25. The Morgan fingerprint density at radius 3 is 1.96 bits per heavy atom. The summed E-state index contributed by atoms with van der Waals surface area (Å²) in [6.45, 7) is 3.35. The van der Waals surface area contributed by atoms with Crippen LogP contribution in [0.5, 0.6) is 23.0 Å². The minimum Gasteiger partial charge on any atom is -0.493 e. The minimum atomic E-state index is -1.12. The smallest absolute Gasteiger partial charge is 0.267 e. The van der Waals surface area contributed by atoms with Crippen LogP contribution in [-0.2, 0) is 4.79 Å². The largest absolute Gasteiger partial charge is 0.493 e. The summed E-state index contributed by atoms with van der Waals surface area (Å²) >= 11 is 5.87. The van der Waals surface area contributed by atoms with Crippen LogP contribution in [0.3, 0.4) is 0 Å². The predicted octanol–water partition coefficient (Wildman–Crippen LogP) is 4.16. The van der Waals surface area contributed by atoms with E-state index < -0.39 is 5.60 Å². The van der Waals surface area contributed by atoms with Crippen molar-refractivity contribution in [3.63, 3.8) is 0 Å². The molecule has 0 aromatic heterocycles. The minimum absolute atomic E-state index is 0.332. The number of hydrogen-bond acceptors (Lipinski definition) is 5. The first-order valence-corrected chi connectivity index (χ1v) is 8.24. The number of hydrogen-bond donors (Lipinski definition) is 1. The van der Waals surface area contributed by atoms with Gasteiger partial charge in [-0.3, -0.25) is 4.79 Å². The van der Waals surface area contributed by atoms with E-state index in [0.717, 1.165) is 0 Å². The van der Waals surface area contributed by atoms with Crippen molar-refractivity contribution in [1.29, 1.82) is 0 Å². The van der Waals surface area contributed by atoms with E-state index in [4.69, 9.17) is 30.5 Å². The van der Waals surface area contributed by atoms with Gasteiger partial charge in [-0.15, -0.1) is 0 Å². The van der Waals surface area contributed by atoms with E-state index in [1.54, 1.807) is 50.2 Å². The zero-order valence-electron chi connectivity index (χ0n) is 15.4. The van der Waals surface area contributed by atoms with Gasteiger partial charge in [0, 0.05) is 22.8 Å². The van der Waals surface area contributed by atoms with Crippen LogP contribution in [0.4, 0.5) is 5.69 Å². The second kappa shape index (κ2) is 8.19. The summed E-state index contributed by atoms with van der Waals surface area (Å²) < 4.78 is 21.7. The zero-order valence-corrected chi connectivity index (χ0v) is 16.1. The molecule has 7 heteroatoms. The Morgan fingerprint density at radius 1 is 0.962 bits per heavy atom. The molecule has 2 aromatic carbocycles. The normalized spacial score (nSPS) is 10.8. The Morgan fingerprint density at radius 2 is 1.50 bits per heavy atom. The van der Waals surface area contributed by atoms with Gasteiger partial charge >= 0.3 is 0 Å². The maximum Gasteiger partial charge on any atom is 0.267 e. The van der Waals surface area contributed by atoms with Crippen LogP contribution in [0, 0.1) is 0 Å². The van der Waals surface area contributed by atoms with Crippen LogP contribution in [0.15, 0.2) is 36.4 Å². The molecular weight excluding hydrogens is 358 g/mol. The van der Waals surface area contributed by atoms with Crippen molar-refractivity contribution in [2.75, 3.05) is 26.6 Å². The van der Waals surface area contributed by atoms with Gasteiger partial charge in [-0.05, 0) is 38.1 Å². The topological polar surface area (TPSA) is 66.0 Å². The Kier molecular flexibility index (Phi) is 6.21. The third-order valence-corrected chi connectivity index (χ3v) is 3.91. The van der Waals surface area contributed by atoms with Gasteiger partial charge in [0.15, 0.2) is 17.1 Å². The average Bonchev–Trinajstić information content (AvgIpc) is 2.62. The van der Waals surface area contributed by atoms with Crippen LogP contribution in [0.25, 0.3) is 0 Å². The number of amides is 1. The second-order valence-corrected chi connectivity index (χ2v) is 6.37. The first-order chi connectivity index (χ1) is 12.3. The van der Waals surface area contributed by atoms with E-state index in [1.807, 2.05) is 0 Å². The molecule has 0 fully saturated rings. The number of methoxy groups -OCH3 is 3. The Bertz CT molecular complexity index is 749. The van der Waals surface area contributed by atoms with Crippen LogP contribution < -0.4 is 24.3 Å². The molecule has 0 saturated heterocycles. The van der Waals surface area contributed by atoms with Crippen LogP contribution in [0.1, 0.15) is 13.8 Å². The van der Waals surface area contributed by atoms with Crippen molar-refractivity contribution in [3.05, 3.63) is 41.4 Å². The molecule has 0 aliphatic heterocycles. The fourth-order valence-corrected chi connectivity index (χ4v) is 2.40. The van der Waals surface area contributed by atoms with Crippen molar-refractivity contribution in [3.8, 4) is 23.0 Å². The van der Waals surface area contributed by atoms with Crippen molar-refractivity contribution >= 4 is 23.2 Å². The number of anilines is 1. The van der Waals surface area contributed by atoms with Gasteiger partial charge in [0.2, 0.25) is 5.75 Å². The molecule has 6 nitrogen and oxygen atoms in total. The molecule has 0 radical (unpaired) electrons. The number of benzene rings is 2. The summed E-state index contributed by atoms with van der Waals surface area (Å²) in [7, 11) is 4.54. The number of ether oxygens (including phenoxy) is 4. The lowest BCUT2D eigenvalue weighted by Crippen LogP contribution is -2.42. The molecule has 0 aliphatic carbocycles. The first-order valence-electron chi connectivity index (χ1n) is 7.86. The molecule has 0 saturated carbocycles. The average molecular weight is 380 g/mol. The van der Waals surface area contributed by atoms with E-state index in [9.17, 15) is 4.79 Å². The molecule has 2 rings (SSSR count). The van der Waals surface area contributed by atoms with E-state index in [1.165, 1.54) is 21.3 Å². The molecule has 0 heterocycles. The third-order valence-electron chi connectivity index (χ3n) is 3.66. The number of nitrogens with one attached hydrogen (secondary N) is 1. The van der Waals surface area contributed by atoms with Gasteiger partial charge in [-0.2, -0.15) is 0 Å². The number of rotatable bonds is 7. The third kappa shape index (κ3) is 4.52. The quantitative estimate of drug-likeness (QED) is 0.782. The molecule has 0 bridgehead atoms. The highest BCUT2D eigenvalue weighted by Crippen LogP contribution is 2.40. The summed E-state index contributed by atoms with van der Waals surface area (Å²) in [5.74, 6) is 1.54. The van der Waals surface area contributed by atoms with Crippen molar-refractivity contribution in [1.82, 2.24) is 0 Å². The lowest BCUT2D eigenvalue weighted by atomic mass is 10.1. The van der Waals surface area contributed by atoms with Crippen LogP contribution in [-0.4, -0.2) is 32.8 Å². The lowest BCUT2D eigenvalue weighted by molar-refractivity contribution is -0.128. The Balaban J connectivity index is 2.21. The van der Waals surface area contributed by atoms with Gasteiger partial charge in [-0.25, -0.2) is 0 Å². The number of carbonyl (C=O) groups is 1. The number of halogens is 1. The predicted molar refractivity (Wildman–Crippen MR) is 101 cm³/mol. The van der Waals surface area contributed by atoms with Gasteiger partial charge in [0.25, 0.3) is 5.91 Å². The van der Waals surface area contributed by atoms with E-state index in [-0.39, 0.29) is 5.91 Å². The summed E-state index contributed by atoms with van der Waals surface area (Å²) in [6.07, 6.45) is 0. The van der Waals surface area contributed by atoms with E-state index in [2.05, 4.69) is 5.32 Å². The standard InChI is InChI=1S/C19H22ClNO5/c1-19(2,26-14-8-6-12(20)7-9-14)18(22)21-13-10-15(23-3)17(25-5)16(11-13)24-4/h6-11H,1-5H3,(H,21,22). The first kappa shape index (κ1) is 19.7. The van der Waals surface area contributed by atoms with Crippen LogP contribution in [0.2, 0.25) is 5.02 Å². The molecule has 0 aliphatic rings. The van der Waals surface area contributed by atoms with E-state index >= 15 is 0 Å². The molecule has 0 atom stereocenters. The summed E-state index contributed by atoms with van der Waals surface area (Å²) in [5, 5.41) is 3.40. The van der Waals surface area contributed by atoms with Crippen molar-refractivity contribution < 1.29 is 23.7 Å². The Hall–Kier alpha value is -2.60. The maximum atomic E-state index is 12.7. The highest BCUT2D eigenvalue weighted by atomic mass is 35.5.